The minimum absolute atomic E-state index is 0.0867. The summed E-state index contributed by atoms with van der Waals surface area (Å²) < 4.78 is 0. The van der Waals surface area contributed by atoms with Gasteiger partial charge in [-0.25, -0.2) is 0 Å². The fraction of sp³-hybridized carbons (Fsp3) is 0.273. The lowest BCUT2D eigenvalue weighted by atomic mass is 10.1. The summed E-state index contributed by atoms with van der Waals surface area (Å²) in [6, 6.07) is 7.98. The maximum atomic E-state index is 5.93. The van der Waals surface area contributed by atoms with Gasteiger partial charge in [0.1, 0.15) is 0 Å². The molecule has 0 spiro atoms. The number of hydrogen-bond donors (Lipinski definition) is 3. The van der Waals surface area contributed by atoms with E-state index in [9.17, 15) is 0 Å². The van der Waals surface area contributed by atoms with Crippen LogP contribution < -0.4 is 11.5 Å². The Balaban J connectivity index is 2.51. The Morgan fingerprint density at radius 1 is 1.36 bits per heavy atom. The van der Waals surface area contributed by atoms with Crippen LogP contribution in [-0.2, 0) is 0 Å². The zero-order chi connectivity index (χ0) is 10.1. The minimum Gasteiger partial charge on any atom is -0.399 e. The van der Waals surface area contributed by atoms with E-state index in [4.69, 9.17) is 11.5 Å². The molecule has 1 atom stereocenters. The molecule has 5 N–H and O–H groups in total. The summed E-state index contributed by atoms with van der Waals surface area (Å²) in [6.45, 7) is 2.07. The number of aromatic amines is 1. The maximum Gasteiger partial charge on any atom is 0.0458 e. The van der Waals surface area contributed by atoms with Gasteiger partial charge in [0.15, 0.2) is 0 Å². The summed E-state index contributed by atoms with van der Waals surface area (Å²) in [5, 5.41) is 1.13. The molecule has 1 heterocycles. The molecule has 74 valence electrons. The van der Waals surface area contributed by atoms with Crippen molar-refractivity contribution in [3.8, 4) is 0 Å². The first-order valence-electron chi connectivity index (χ1n) is 4.84. The normalized spacial score (nSPS) is 13.3. The quantitative estimate of drug-likeness (QED) is 0.634. The van der Waals surface area contributed by atoms with Crippen molar-refractivity contribution in [1.82, 2.24) is 4.98 Å². The van der Waals surface area contributed by atoms with Gasteiger partial charge in [-0.1, -0.05) is 6.92 Å². The number of fused-ring (bicyclic) bond motifs is 1. The van der Waals surface area contributed by atoms with E-state index in [1.807, 2.05) is 18.2 Å². The molecule has 3 heteroatoms. The largest absolute Gasteiger partial charge is 0.399 e. The van der Waals surface area contributed by atoms with Crippen molar-refractivity contribution >= 4 is 16.6 Å². The summed E-state index contributed by atoms with van der Waals surface area (Å²) in [7, 11) is 0. The van der Waals surface area contributed by atoms with E-state index in [2.05, 4.69) is 18.0 Å². The Labute approximate surface area is 83.1 Å². The standard InChI is InChI=1S/C11H15N3/c1-2-9(13)11-6-7-5-8(12)3-4-10(7)14-11/h3-6,9,14H,2,12-13H2,1H3. The lowest BCUT2D eigenvalue weighted by Gasteiger charge is -2.03. The van der Waals surface area contributed by atoms with Crippen LogP contribution in [0.3, 0.4) is 0 Å². The summed E-state index contributed by atoms with van der Waals surface area (Å²) in [6.07, 6.45) is 0.933. The number of rotatable bonds is 2. The third-order valence-corrected chi connectivity index (χ3v) is 2.50. The van der Waals surface area contributed by atoms with Crippen molar-refractivity contribution < 1.29 is 0 Å². The summed E-state index contributed by atoms with van der Waals surface area (Å²) in [5.41, 5.74) is 14.6. The van der Waals surface area contributed by atoms with Gasteiger partial charge in [0, 0.05) is 28.3 Å². The molecule has 0 fully saturated rings. The third kappa shape index (κ3) is 1.46. The fourth-order valence-corrected chi connectivity index (χ4v) is 1.59. The fourth-order valence-electron chi connectivity index (χ4n) is 1.59. The van der Waals surface area contributed by atoms with Crippen LogP contribution in [0.2, 0.25) is 0 Å². The topological polar surface area (TPSA) is 67.8 Å². The van der Waals surface area contributed by atoms with E-state index in [-0.39, 0.29) is 6.04 Å². The van der Waals surface area contributed by atoms with Gasteiger partial charge in [0.25, 0.3) is 0 Å². The van der Waals surface area contributed by atoms with Crippen LogP contribution in [0.1, 0.15) is 25.1 Å². The number of nitrogen functional groups attached to an aromatic ring is 1. The molecular weight excluding hydrogens is 174 g/mol. The van der Waals surface area contributed by atoms with Crippen LogP contribution in [0, 0.1) is 0 Å². The Morgan fingerprint density at radius 2 is 2.14 bits per heavy atom. The lowest BCUT2D eigenvalue weighted by molar-refractivity contribution is 0.682. The molecule has 2 rings (SSSR count). The Morgan fingerprint density at radius 3 is 2.86 bits per heavy atom. The first-order chi connectivity index (χ1) is 6.70. The predicted octanol–water partition coefficient (Wildman–Crippen LogP) is 2.16. The highest BCUT2D eigenvalue weighted by Crippen LogP contribution is 2.22. The van der Waals surface area contributed by atoms with Crippen LogP contribution in [0.5, 0.6) is 0 Å². The molecule has 0 saturated carbocycles. The average Bonchev–Trinajstić information content (AvgIpc) is 2.59. The molecule has 1 aromatic carbocycles. The molecule has 14 heavy (non-hydrogen) atoms. The monoisotopic (exact) mass is 189 g/mol. The lowest BCUT2D eigenvalue weighted by Crippen LogP contribution is -2.08. The molecule has 0 radical (unpaired) electrons. The molecule has 2 aromatic rings. The van der Waals surface area contributed by atoms with Gasteiger partial charge in [0.05, 0.1) is 0 Å². The Kier molecular flexibility index (Phi) is 2.17. The van der Waals surface area contributed by atoms with Crippen molar-refractivity contribution in [3.63, 3.8) is 0 Å². The molecule has 0 aliphatic heterocycles. The number of hydrogen-bond acceptors (Lipinski definition) is 2. The number of benzene rings is 1. The molecule has 0 bridgehead atoms. The van der Waals surface area contributed by atoms with Crippen LogP contribution in [-0.4, -0.2) is 4.98 Å². The molecule has 1 aromatic heterocycles. The highest BCUT2D eigenvalue weighted by molar-refractivity contribution is 5.83. The van der Waals surface area contributed by atoms with Crippen molar-refractivity contribution in [2.75, 3.05) is 5.73 Å². The van der Waals surface area contributed by atoms with Gasteiger partial charge in [0.2, 0.25) is 0 Å². The number of anilines is 1. The first-order valence-corrected chi connectivity index (χ1v) is 4.84. The van der Waals surface area contributed by atoms with Gasteiger partial charge in [-0.05, 0) is 30.7 Å². The van der Waals surface area contributed by atoms with E-state index < -0.39 is 0 Å². The van der Waals surface area contributed by atoms with Crippen LogP contribution in [0.25, 0.3) is 10.9 Å². The van der Waals surface area contributed by atoms with Gasteiger partial charge >= 0.3 is 0 Å². The highest BCUT2D eigenvalue weighted by atomic mass is 14.8. The van der Waals surface area contributed by atoms with Crippen LogP contribution >= 0.6 is 0 Å². The van der Waals surface area contributed by atoms with Gasteiger partial charge in [-0.15, -0.1) is 0 Å². The van der Waals surface area contributed by atoms with Crippen molar-refractivity contribution in [1.29, 1.82) is 0 Å². The predicted molar refractivity (Wildman–Crippen MR) is 59.9 cm³/mol. The van der Waals surface area contributed by atoms with E-state index >= 15 is 0 Å². The van der Waals surface area contributed by atoms with Crippen molar-refractivity contribution in [2.45, 2.75) is 19.4 Å². The molecule has 3 nitrogen and oxygen atoms in total. The summed E-state index contributed by atoms with van der Waals surface area (Å²) >= 11 is 0. The smallest absolute Gasteiger partial charge is 0.0458 e. The summed E-state index contributed by atoms with van der Waals surface area (Å²) in [4.78, 5) is 3.29. The molecule has 1 unspecified atom stereocenters. The second-order valence-electron chi connectivity index (χ2n) is 3.59. The number of nitrogens with two attached hydrogens (primary N) is 2. The van der Waals surface area contributed by atoms with E-state index in [1.54, 1.807) is 0 Å². The number of nitrogens with one attached hydrogen (secondary N) is 1. The maximum absolute atomic E-state index is 5.93. The van der Waals surface area contributed by atoms with Gasteiger partial charge in [-0.2, -0.15) is 0 Å². The Bertz CT molecular complexity index is 445. The van der Waals surface area contributed by atoms with Gasteiger partial charge in [-0.3, -0.25) is 0 Å². The molecule has 0 aliphatic rings. The van der Waals surface area contributed by atoms with E-state index in [0.29, 0.717) is 0 Å². The minimum atomic E-state index is 0.0867. The van der Waals surface area contributed by atoms with E-state index in [0.717, 1.165) is 28.7 Å². The highest BCUT2D eigenvalue weighted by Gasteiger charge is 2.06. The van der Waals surface area contributed by atoms with Crippen molar-refractivity contribution in [2.24, 2.45) is 5.73 Å². The molecule has 0 amide bonds. The SMILES string of the molecule is CCC(N)c1cc2cc(N)ccc2[nH]1. The second-order valence-corrected chi connectivity index (χ2v) is 3.59. The van der Waals surface area contributed by atoms with Crippen molar-refractivity contribution in [3.05, 3.63) is 30.0 Å². The zero-order valence-corrected chi connectivity index (χ0v) is 8.25. The number of H-pyrrole nitrogens is 1. The molecular formula is C11H15N3. The molecule has 0 aliphatic carbocycles. The van der Waals surface area contributed by atoms with Crippen LogP contribution in [0.4, 0.5) is 5.69 Å². The summed E-state index contributed by atoms with van der Waals surface area (Å²) in [5.74, 6) is 0. The Hall–Kier alpha value is -1.48. The van der Waals surface area contributed by atoms with E-state index in [1.165, 1.54) is 0 Å². The number of aromatic nitrogens is 1. The second kappa shape index (κ2) is 3.35. The average molecular weight is 189 g/mol. The molecule has 0 saturated heterocycles. The zero-order valence-electron chi connectivity index (χ0n) is 8.25. The van der Waals surface area contributed by atoms with Gasteiger partial charge < -0.3 is 16.5 Å². The van der Waals surface area contributed by atoms with Crippen LogP contribution in [0.15, 0.2) is 24.3 Å². The first kappa shape index (κ1) is 9.09. The third-order valence-electron chi connectivity index (χ3n) is 2.50.